The van der Waals surface area contributed by atoms with Gasteiger partial charge in [-0.1, -0.05) is 6.07 Å². The van der Waals surface area contributed by atoms with E-state index in [1.54, 1.807) is 12.1 Å². The van der Waals surface area contributed by atoms with Gasteiger partial charge in [0.15, 0.2) is 0 Å². The number of nitrogens with one attached hydrogen (secondary N) is 1. The van der Waals surface area contributed by atoms with Crippen LogP contribution in [-0.4, -0.2) is 18.4 Å². The van der Waals surface area contributed by atoms with Crippen molar-refractivity contribution in [3.8, 4) is 0 Å². The predicted molar refractivity (Wildman–Crippen MR) is 47.5 cm³/mol. The van der Waals surface area contributed by atoms with Crippen LogP contribution in [0.4, 0.5) is 0 Å². The Morgan fingerprint density at radius 3 is 2.85 bits per heavy atom. The number of para-hydroxylation sites is 1. The topological polar surface area (TPSA) is 88.8 Å². The molecule has 0 aliphatic rings. The number of hydrogen-bond donors (Lipinski definition) is 2. The summed E-state index contributed by atoms with van der Waals surface area (Å²) in [6, 6.07) is 4.77. The van der Waals surface area contributed by atoms with Crippen LogP contribution in [-0.2, 0) is 10.0 Å². The third-order valence-corrected chi connectivity index (χ3v) is 2.66. The predicted octanol–water partition coefficient (Wildman–Crippen LogP) is 0.210. The number of aromatic amines is 1. The Bertz CT molecular complexity index is 544. The van der Waals surface area contributed by atoms with Gasteiger partial charge in [-0.2, -0.15) is 0 Å². The van der Waals surface area contributed by atoms with Crippen LogP contribution in [0.5, 0.6) is 0 Å². The Labute approximate surface area is 74.6 Å². The van der Waals surface area contributed by atoms with Crippen LogP contribution >= 0.6 is 0 Å². The van der Waals surface area contributed by atoms with Gasteiger partial charge in [-0.3, -0.25) is 0 Å². The van der Waals surface area contributed by atoms with Crippen molar-refractivity contribution in [2.45, 2.75) is 4.90 Å². The number of aromatic nitrogens is 2. The number of imidazole rings is 1. The summed E-state index contributed by atoms with van der Waals surface area (Å²) >= 11 is 0. The zero-order valence-corrected chi connectivity index (χ0v) is 7.38. The minimum Gasteiger partial charge on any atom is -0.345 e. The summed E-state index contributed by atoms with van der Waals surface area (Å²) < 4.78 is 22.1. The monoisotopic (exact) mass is 197 g/mol. The SMILES string of the molecule is NS(=O)(=O)c1cccc2[nH]cnc12. The van der Waals surface area contributed by atoms with Crippen LogP contribution in [0.3, 0.4) is 0 Å². The van der Waals surface area contributed by atoms with E-state index in [2.05, 4.69) is 9.97 Å². The van der Waals surface area contributed by atoms with Crippen molar-refractivity contribution < 1.29 is 8.42 Å². The minimum absolute atomic E-state index is 0.0475. The number of H-pyrrole nitrogens is 1. The van der Waals surface area contributed by atoms with Crippen LogP contribution < -0.4 is 5.14 Å². The molecule has 0 saturated carbocycles. The summed E-state index contributed by atoms with van der Waals surface area (Å²) in [5, 5.41) is 5.00. The molecule has 0 aliphatic carbocycles. The van der Waals surface area contributed by atoms with Crippen molar-refractivity contribution in [3.63, 3.8) is 0 Å². The molecule has 0 atom stereocenters. The molecule has 0 spiro atoms. The smallest absolute Gasteiger partial charge is 0.240 e. The summed E-state index contributed by atoms with van der Waals surface area (Å²) in [7, 11) is -3.68. The highest BCUT2D eigenvalue weighted by Crippen LogP contribution is 2.17. The van der Waals surface area contributed by atoms with Crippen LogP contribution in [0.25, 0.3) is 11.0 Å². The molecule has 1 aromatic carbocycles. The number of hydrogen-bond acceptors (Lipinski definition) is 3. The lowest BCUT2D eigenvalue weighted by atomic mass is 10.3. The minimum atomic E-state index is -3.68. The fraction of sp³-hybridized carbons (Fsp3) is 0. The highest BCUT2D eigenvalue weighted by Gasteiger charge is 2.12. The van der Waals surface area contributed by atoms with Crippen molar-refractivity contribution in [1.82, 2.24) is 9.97 Å². The molecule has 2 aromatic rings. The van der Waals surface area contributed by atoms with Gasteiger partial charge >= 0.3 is 0 Å². The van der Waals surface area contributed by atoms with E-state index in [-0.39, 0.29) is 4.90 Å². The van der Waals surface area contributed by atoms with E-state index in [4.69, 9.17) is 5.14 Å². The summed E-state index contributed by atoms with van der Waals surface area (Å²) in [5.74, 6) is 0. The van der Waals surface area contributed by atoms with Gasteiger partial charge in [-0.05, 0) is 12.1 Å². The Kier molecular flexibility index (Phi) is 1.61. The fourth-order valence-corrected chi connectivity index (χ4v) is 1.87. The first-order chi connectivity index (χ1) is 6.09. The summed E-state index contributed by atoms with van der Waals surface area (Å²) in [6.45, 7) is 0. The number of benzene rings is 1. The van der Waals surface area contributed by atoms with E-state index in [1.165, 1.54) is 12.4 Å². The molecule has 2 rings (SSSR count). The Morgan fingerprint density at radius 2 is 2.15 bits per heavy atom. The maximum absolute atomic E-state index is 11.1. The number of nitrogens with zero attached hydrogens (tertiary/aromatic N) is 1. The van der Waals surface area contributed by atoms with Crippen LogP contribution in [0.15, 0.2) is 29.4 Å². The molecule has 5 nitrogen and oxygen atoms in total. The maximum Gasteiger partial charge on any atom is 0.240 e. The second-order valence-electron chi connectivity index (χ2n) is 2.60. The molecule has 0 saturated heterocycles. The van der Waals surface area contributed by atoms with Gasteiger partial charge < -0.3 is 4.98 Å². The second-order valence-corrected chi connectivity index (χ2v) is 4.13. The molecule has 68 valence electrons. The molecule has 3 N–H and O–H groups in total. The zero-order valence-electron chi connectivity index (χ0n) is 6.56. The lowest BCUT2D eigenvalue weighted by molar-refractivity contribution is 0.598. The first kappa shape index (κ1) is 8.21. The molecule has 0 fully saturated rings. The van der Waals surface area contributed by atoms with Crippen LogP contribution in [0, 0.1) is 0 Å². The molecule has 0 radical (unpaired) electrons. The first-order valence-corrected chi connectivity index (χ1v) is 5.08. The van der Waals surface area contributed by atoms with Crippen molar-refractivity contribution >= 4 is 21.1 Å². The lowest BCUT2D eigenvalue weighted by Gasteiger charge is -1.97. The van der Waals surface area contributed by atoms with Gasteiger partial charge in [-0.25, -0.2) is 18.5 Å². The summed E-state index contributed by atoms with van der Waals surface area (Å²) in [6.07, 6.45) is 1.43. The lowest BCUT2D eigenvalue weighted by Crippen LogP contribution is -2.12. The van der Waals surface area contributed by atoms with Gasteiger partial charge in [0.1, 0.15) is 10.4 Å². The number of sulfonamides is 1. The van der Waals surface area contributed by atoms with E-state index >= 15 is 0 Å². The molecule has 0 bridgehead atoms. The standard InChI is InChI=1S/C7H7N3O2S/c8-13(11,12)6-3-1-2-5-7(6)10-4-9-5/h1-4H,(H,9,10)(H2,8,11,12). The molecule has 1 aromatic heterocycles. The maximum atomic E-state index is 11.1. The van der Waals surface area contributed by atoms with E-state index in [0.717, 1.165) is 0 Å². The Balaban J connectivity index is 2.91. The van der Waals surface area contributed by atoms with Crippen molar-refractivity contribution in [2.24, 2.45) is 5.14 Å². The van der Waals surface area contributed by atoms with E-state index in [9.17, 15) is 8.42 Å². The second kappa shape index (κ2) is 2.54. The Hall–Kier alpha value is -1.40. The molecular weight excluding hydrogens is 190 g/mol. The quantitative estimate of drug-likeness (QED) is 0.684. The molecule has 0 unspecified atom stereocenters. The average Bonchev–Trinajstić information content (AvgIpc) is 2.48. The van der Waals surface area contributed by atoms with Crippen molar-refractivity contribution in [3.05, 3.63) is 24.5 Å². The van der Waals surface area contributed by atoms with Crippen molar-refractivity contribution in [1.29, 1.82) is 0 Å². The summed E-state index contributed by atoms with van der Waals surface area (Å²) in [4.78, 5) is 6.72. The van der Waals surface area contributed by atoms with Gasteiger partial charge in [0.05, 0.1) is 11.8 Å². The van der Waals surface area contributed by atoms with Crippen LogP contribution in [0.2, 0.25) is 0 Å². The van der Waals surface area contributed by atoms with Gasteiger partial charge in [0.25, 0.3) is 0 Å². The number of nitrogens with two attached hydrogens (primary N) is 1. The van der Waals surface area contributed by atoms with E-state index in [1.807, 2.05) is 0 Å². The number of fused-ring (bicyclic) bond motifs is 1. The number of primary sulfonamides is 1. The molecule has 13 heavy (non-hydrogen) atoms. The third-order valence-electron chi connectivity index (χ3n) is 1.72. The largest absolute Gasteiger partial charge is 0.345 e. The highest BCUT2D eigenvalue weighted by molar-refractivity contribution is 7.89. The van der Waals surface area contributed by atoms with Gasteiger partial charge in [0, 0.05) is 0 Å². The normalized spacial score (nSPS) is 12.1. The number of rotatable bonds is 1. The van der Waals surface area contributed by atoms with E-state index in [0.29, 0.717) is 11.0 Å². The molecular formula is C7H7N3O2S. The molecule has 1 heterocycles. The third kappa shape index (κ3) is 1.30. The Morgan fingerprint density at radius 1 is 1.38 bits per heavy atom. The first-order valence-electron chi connectivity index (χ1n) is 3.54. The molecule has 6 heteroatoms. The van der Waals surface area contributed by atoms with Gasteiger partial charge in [-0.15, -0.1) is 0 Å². The van der Waals surface area contributed by atoms with Crippen LogP contribution in [0.1, 0.15) is 0 Å². The molecule has 0 amide bonds. The molecule has 0 aliphatic heterocycles. The van der Waals surface area contributed by atoms with Gasteiger partial charge in [0.2, 0.25) is 10.0 Å². The van der Waals surface area contributed by atoms with E-state index < -0.39 is 10.0 Å². The fourth-order valence-electron chi connectivity index (χ4n) is 1.17. The van der Waals surface area contributed by atoms with Crippen molar-refractivity contribution in [2.75, 3.05) is 0 Å². The summed E-state index contributed by atoms with van der Waals surface area (Å²) in [5.41, 5.74) is 1.04. The zero-order chi connectivity index (χ0) is 9.47. The average molecular weight is 197 g/mol. The highest BCUT2D eigenvalue weighted by atomic mass is 32.2.